The predicted octanol–water partition coefficient (Wildman–Crippen LogP) is 7.97. The molecule has 31 heavy (non-hydrogen) atoms. The van der Waals surface area contributed by atoms with E-state index in [2.05, 4.69) is 72.8 Å². The summed E-state index contributed by atoms with van der Waals surface area (Å²) in [5.41, 5.74) is 4.18. The quantitative estimate of drug-likeness (QED) is 0.358. The molecule has 0 radical (unpaired) electrons. The Hall–Kier alpha value is -0.820. The summed E-state index contributed by atoms with van der Waals surface area (Å²) in [6, 6.07) is 0. The molecular formula is C30H48O. The third kappa shape index (κ3) is 3.71. The predicted molar refractivity (Wildman–Crippen MR) is 133 cm³/mol. The van der Waals surface area contributed by atoms with Gasteiger partial charge in [-0.25, -0.2) is 0 Å². The van der Waals surface area contributed by atoms with Crippen LogP contribution in [0.4, 0.5) is 0 Å². The highest BCUT2D eigenvalue weighted by molar-refractivity contribution is 5.29. The van der Waals surface area contributed by atoms with Gasteiger partial charge in [0.25, 0.3) is 0 Å². The third-order valence-electron chi connectivity index (χ3n) is 10.9. The van der Waals surface area contributed by atoms with Crippen LogP contribution in [0.1, 0.15) is 93.4 Å². The molecule has 0 saturated heterocycles. The van der Waals surface area contributed by atoms with Crippen molar-refractivity contribution >= 4 is 0 Å². The maximum Gasteiger partial charge on any atom is 0.0568 e. The maximum absolute atomic E-state index is 10.5. The molecular weight excluding hydrogens is 376 g/mol. The summed E-state index contributed by atoms with van der Waals surface area (Å²) in [6.07, 6.45) is 18.8. The van der Waals surface area contributed by atoms with Crippen molar-refractivity contribution in [1.29, 1.82) is 0 Å². The molecule has 0 spiro atoms. The first-order chi connectivity index (χ1) is 14.6. The van der Waals surface area contributed by atoms with Gasteiger partial charge in [0.05, 0.1) is 6.10 Å². The van der Waals surface area contributed by atoms with Gasteiger partial charge in [0.2, 0.25) is 0 Å². The van der Waals surface area contributed by atoms with Gasteiger partial charge in [-0.2, -0.15) is 0 Å². The Morgan fingerprint density at radius 1 is 1.03 bits per heavy atom. The smallest absolute Gasteiger partial charge is 0.0568 e. The molecule has 0 heterocycles. The van der Waals surface area contributed by atoms with Gasteiger partial charge in [-0.15, -0.1) is 0 Å². The first-order valence-corrected chi connectivity index (χ1v) is 13.4. The van der Waals surface area contributed by atoms with Crippen molar-refractivity contribution in [2.45, 2.75) is 99.5 Å². The van der Waals surface area contributed by atoms with E-state index in [4.69, 9.17) is 0 Å². The molecule has 0 aromatic heterocycles. The highest BCUT2D eigenvalue weighted by Crippen LogP contribution is 2.67. The number of fused-ring (bicyclic) bond motifs is 5. The number of allylic oxidation sites excluding steroid dienone is 6. The summed E-state index contributed by atoms with van der Waals surface area (Å²) in [4.78, 5) is 0. The van der Waals surface area contributed by atoms with Crippen molar-refractivity contribution in [2.24, 2.45) is 52.3 Å². The van der Waals surface area contributed by atoms with Crippen molar-refractivity contribution in [1.82, 2.24) is 0 Å². The molecule has 3 saturated carbocycles. The van der Waals surface area contributed by atoms with Crippen LogP contribution < -0.4 is 0 Å². The summed E-state index contributed by atoms with van der Waals surface area (Å²) < 4.78 is 0. The zero-order valence-electron chi connectivity index (χ0n) is 21.3. The van der Waals surface area contributed by atoms with Gasteiger partial charge in [0.15, 0.2) is 0 Å². The first-order valence-electron chi connectivity index (χ1n) is 13.4. The fourth-order valence-electron chi connectivity index (χ4n) is 8.87. The van der Waals surface area contributed by atoms with E-state index >= 15 is 0 Å². The molecule has 0 bridgehead atoms. The average Bonchev–Trinajstić information content (AvgIpc) is 3.08. The Morgan fingerprint density at radius 3 is 2.39 bits per heavy atom. The van der Waals surface area contributed by atoms with E-state index < -0.39 is 0 Å². The lowest BCUT2D eigenvalue weighted by molar-refractivity contribution is -0.0767. The van der Waals surface area contributed by atoms with Crippen LogP contribution in [0.2, 0.25) is 0 Å². The molecule has 4 aliphatic rings. The van der Waals surface area contributed by atoms with Crippen molar-refractivity contribution in [2.75, 3.05) is 0 Å². The van der Waals surface area contributed by atoms with Crippen LogP contribution in [0.5, 0.6) is 0 Å². The normalized spacial score (nSPS) is 46.5. The van der Waals surface area contributed by atoms with Crippen molar-refractivity contribution < 1.29 is 5.11 Å². The zero-order chi connectivity index (χ0) is 22.6. The van der Waals surface area contributed by atoms with Crippen LogP contribution in [0, 0.1) is 52.3 Å². The number of rotatable bonds is 4. The van der Waals surface area contributed by atoms with Crippen molar-refractivity contribution in [3.05, 3.63) is 35.5 Å². The molecule has 4 aliphatic carbocycles. The Morgan fingerprint density at radius 2 is 1.71 bits per heavy atom. The van der Waals surface area contributed by atoms with Gasteiger partial charge in [-0.3, -0.25) is 0 Å². The third-order valence-corrected chi connectivity index (χ3v) is 10.9. The number of hydrogen-bond acceptors (Lipinski definition) is 1. The number of aliphatic hydroxyl groups is 1. The van der Waals surface area contributed by atoms with E-state index in [0.717, 1.165) is 24.2 Å². The summed E-state index contributed by atoms with van der Waals surface area (Å²) in [6.45, 7) is 16.8. The van der Waals surface area contributed by atoms with Gasteiger partial charge in [-0.1, -0.05) is 77.0 Å². The molecule has 0 amide bonds. The fourth-order valence-corrected chi connectivity index (χ4v) is 8.87. The van der Waals surface area contributed by atoms with Crippen molar-refractivity contribution in [3.8, 4) is 0 Å². The molecule has 3 fully saturated rings. The molecule has 0 aromatic rings. The molecule has 1 N–H and O–H groups in total. The number of aliphatic hydroxyl groups excluding tert-OH is 1. The van der Waals surface area contributed by atoms with Crippen LogP contribution in [0.3, 0.4) is 0 Å². The lowest BCUT2D eigenvalue weighted by Crippen LogP contribution is -2.52. The molecule has 174 valence electrons. The summed E-state index contributed by atoms with van der Waals surface area (Å²) >= 11 is 0. The zero-order valence-corrected chi connectivity index (χ0v) is 21.3. The first kappa shape index (κ1) is 23.3. The van der Waals surface area contributed by atoms with Gasteiger partial charge < -0.3 is 5.11 Å². The Balaban J connectivity index is 1.56. The maximum atomic E-state index is 10.5. The average molecular weight is 425 g/mol. The topological polar surface area (TPSA) is 20.2 Å². The molecule has 3 unspecified atom stereocenters. The van der Waals surface area contributed by atoms with Gasteiger partial charge in [0.1, 0.15) is 0 Å². The monoisotopic (exact) mass is 424 g/mol. The van der Waals surface area contributed by atoms with Crippen LogP contribution in [0.25, 0.3) is 0 Å². The van der Waals surface area contributed by atoms with Crippen LogP contribution >= 0.6 is 0 Å². The summed E-state index contributed by atoms with van der Waals surface area (Å²) in [5, 5.41) is 10.5. The minimum Gasteiger partial charge on any atom is -0.393 e. The molecule has 1 nitrogen and oxygen atoms in total. The van der Waals surface area contributed by atoms with E-state index in [-0.39, 0.29) is 6.10 Å². The van der Waals surface area contributed by atoms with E-state index in [9.17, 15) is 5.11 Å². The van der Waals surface area contributed by atoms with Crippen LogP contribution in [0.15, 0.2) is 35.5 Å². The molecule has 0 aromatic carbocycles. The lowest BCUT2D eigenvalue weighted by atomic mass is 9.46. The molecule has 4 rings (SSSR count). The second-order valence-corrected chi connectivity index (χ2v) is 12.5. The van der Waals surface area contributed by atoms with Gasteiger partial charge in [-0.05, 0) is 104 Å². The minimum absolute atomic E-state index is 0.0849. The summed E-state index contributed by atoms with van der Waals surface area (Å²) in [7, 11) is 0. The van der Waals surface area contributed by atoms with E-state index in [1.165, 1.54) is 44.1 Å². The fraction of sp³-hybridized carbons (Fsp3) is 0.800. The Bertz CT molecular complexity index is 756. The standard InChI is InChI=1S/C30H48O/c1-8-22(19(2)3)10-9-20(4)24-13-14-26-23-11-12-25-21(5)28(31)16-18-30(25,7)27(23)15-17-29(24,26)6/h8-11,19-21,24-28,31H,12-18H2,1-7H3/b10-9+,22-8-/t20?,21-,24+,25?,26-,27?,28-,29+,30-/m0/s1. The number of hydrogen-bond donors (Lipinski definition) is 1. The van der Waals surface area contributed by atoms with E-state index in [1.807, 2.05) is 5.57 Å². The summed E-state index contributed by atoms with van der Waals surface area (Å²) in [5.74, 6) is 4.74. The second-order valence-electron chi connectivity index (χ2n) is 12.5. The largest absolute Gasteiger partial charge is 0.393 e. The van der Waals surface area contributed by atoms with Crippen LogP contribution in [-0.4, -0.2) is 11.2 Å². The minimum atomic E-state index is -0.0849. The van der Waals surface area contributed by atoms with Gasteiger partial charge >= 0.3 is 0 Å². The molecule has 9 atom stereocenters. The highest BCUT2D eigenvalue weighted by Gasteiger charge is 2.58. The second kappa shape index (κ2) is 8.51. The van der Waals surface area contributed by atoms with E-state index in [1.54, 1.807) is 0 Å². The van der Waals surface area contributed by atoms with E-state index in [0.29, 0.717) is 34.5 Å². The molecule has 0 aliphatic heterocycles. The van der Waals surface area contributed by atoms with Crippen molar-refractivity contribution in [3.63, 3.8) is 0 Å². The Labute approximate surface area is 192 Å². The Kier molecular flexibility index (Phi) is 6.41. The lowest BCUT2D eigenvalue weighted by Gasteiger charge is -2.59. The molecule has 1 heteroatoms. The SMILES string of the molecule is C/C=C(/C=C/C(C)[C@H]1CC[C@H]2C3=CCC4[C@H](C)[C@@H](O)CC[C@]4(C)C3CC[C@]12C)C(C)C. The highest BCUT2D eigenvalue weighted by atomic mass is 16.3. The van der Waals surface area contributed by atoms with Crippen LogP contribution in [-0.2, 0) is 0 Å². The van der Waals surface area contributed by atoms with Gasteiger partial charge in [0, 0.05) is 0 Å².